The van der Waals surface area contributed by atoms with E-state index in [1.54, 1.807) is 0 Å². The smallest absolute Gasteiger partial charge is 0.315 e. The molecule has 5 N–H and O–H groups in total. The first-order chi connectivity index (χ1) is 32.9. The van der Waals surface area contributed by atoms with Gasteiger partial charge in [0.25, 0.3) is 0 Å². The van der Waals surface area contributed by atoms with Gasteiger partial charge >= 0.3 is 6.03 Å². The third-order valence-electron chi connectivity index (χ3n) is 12.9. The summed E-state index contributed by atoms with van der Waals surface area (Å²) in [4.78, 5) is 36.1. The van der Waals surface area contributed by atoms with Gasteiger partial charge in [-0.05, 0) is 79.5 Å². The molecule has 15 nitrogen and oxygen atoms in total. The van der Waals surface area contributed by atoms with Crippen LogP contribution in [0.4, 0.5) is 4.79 Å². The van der Waals surface area contributed by atoms with Crippen molar-refractivity contribution < 1.29 is 47.5 Å². The predicted octanol–water partition coefficient (Wildman–Crippen LogP) is 5.38. The second kappa shape index (κ2) is 31.0. The maximum Gasteiger partial charge on any atom is 0.315 e. The lowest BCUT2D eigenvalue weighted by molar-refractivity contribution is -0.122. The van der Waals surface area contributed by atoms with Crippen LogP contribution >= 0.6 is 11.8 Å². The number of aryl methyl sites for hydroxylation is 1. The third kappa shape index (κ3) is 20.7. The summed E-state index contributed by atoms with van der Waals surface area (Å²) in [7, 11) is 0. The van der Waals surface area contributed by atoms with E-state index in [4.69, 9.17) is 33.2 Å². The number of urea groups is 1. The fraction of sp³-hybridized carbons (Fsp3) is 0.706. The highest BCUT2D eigenvalue weighted by atomic mass is 32.2. The van der Waals surface area contributed by atoms with Crippen LogP contribution in [0.2, 0.25) is 0 Å². The minimum atomic E-state index is -0.0610. The number of thioether (sulfide) groups is 1. The van der Waals surface area contributed by atoms with Gasteiger partial charge in [0.2, 0.25) is 11.8 Å². The first-order valence-electron chi connectivity index (χ1n) is 25.1. The Morgan fingerprint density at radius 2 is 1.22 bits per heavy atom. The second-order valence-corrected chi connectivity index (χ2v) is 19.5. The third-order valence-corrected chi connectivity index (χ3v) is 14.5. The molecule has 374 valence electrons. The molecule has 2 saturated heterocycles. The van der Waals surface area contributed by atoms with Gasteiger partial charge in [0.1, 0.15) is 0 Å². The maximum absolute atomic E-state index is 12.5. The molecule has 0 radical (unpaired) electrons. The van der Waals surface area contributed by atoms with Gasteiger partial charge in [-0.2, -0.15) is 11.8 Å². The molecule has 2 aromatic rings. The average molecular weight is 954 g/mol. The Kier molecular flexibility index (Phi) is 24.6. The molecule has 0 unspecified atom stereocenters. The number of rotatable bonds is 36. The van der Waals surface area contributed by atoms with Crippen LogP contribution in [0.25, 0.3) is 11.1 Å². The normalized spacial score (nSPS) is 23.1. The molecule has 2 saturated carbocycles. The second-order valence-electron chi connectivity index (χ2n) is 18.2. The summed E-state index contributed by atoms with van der Waals surface area (Å²) < 4.78 is 38.9. The van der Waals surface area contributed by atoms with E-state index >= 15 is 0 Å². The van der Waals surface area contributed by atoms with Gasteiger partial charge in [-0.15, -0.1) is 0 Å². The monoisotopic (exact) mass is 954 g/mol. The van der Waals surface area contributed by atoms with Crippen LogP contribution in [0, 0.1) is 5.92 Å². The Labute approximate surface area is 403 Å². The van der Waals surface area contributed by atoms with Crippen LogP contribution in [0.15, 0.2) is 48.5 Å². The number of benzene rings is 2. The van der Waals surface area contributed by atoms with Crippen LogP contribution < -0.4 is 26.6 Å². The van der Waals surface area contributed by atoms with Crippen LogP contribution in [0.1, 0.15) is 88.2 Å². The zero-order valence-electron chi connectivity index (χ0n) is 39.9. The quantitative estimate of drug-likeness (QED) is 0.0436. The fourth-order valence-corrected chi connectivity index (χ4v) is 10.5. The Balaban J connectivity index is 0.629. The van der Waals surface area contributed by atoms with Gasteiger partial charge in [0.15, 0.2) is 0 Å². The summed E-state index contributed by atoms with van der Waals surface area (Å²) in [6.45, 7) is 9.86. The Hall–Kier alpha value is -3.32. The molecule has 2 heterocycles. The van der Waals surface area contributed by atoms with E-state index in [9.17, 15) is 14.4 Å². The number of carbonyl (C=O) groups excluding carboxylic acids is 3. The number of hydrogen-bond donors (Lipinski definition) is 5. The standard InChI is InChI=1S/C51H79N5O10S/c1-38-9-16-43(17-10-38)54-45-36-44(45)41-14-12-40(13-15-41)42-6-4-5-39(35-42)11-18-49(58)53-20-22-61-24-26-63-28-30-65-32-34-66-33-31-64-29-27-62-25-23-60-21-19-52-48(57)8-3-2-7-47-50-46(37-67-47)55-51(59)56-50/h4-6,12-15,35,38,43-47,50,54H,2-3,7-11,16-34,36-37H2,1H3,(H,52,57)(H,53,58)(H2,55,56,59)/t38?,43?,44-,45+,46-,47-,50-/m0/s1. The highest BCUT2D eigenvalue weighted by molar-refractivity contribution is 8.00. The molecule has 4 aliphatic rings. The van der Waals surface area contributed by atoms with Gasteiger partial charge in [-0.25, -0.2) is 4.79 Å². The highest BCUT2D eigenvalue weighted by Crippen LogP contribution is 2.42. The lowest BCUT2D eigenvalue weighted by Crippen LogP contribution is -2.36. The van der Waals surface area contributed by atoms with Crippen molar-refractivity contribution in [1.82, 2.24) is 26.6 Å². The van der Waals surface area contributed by atoms with Crippen LogP contribution in [0.5, 0.6) is 0 Å². The van der Waals surface area contributed by atoms with Gasteiger partial charge in [-0.1, -0.05) is 61.9 Å². The maximum atomic E-state index is 12.5. The van der Waals surface area contributed by atoms with E-state index in [0.29, 0.717) is 148 Å². The summed E-state index contributed by atoms with van der Waals surface area (Å²) >= 11 is 1.90. The van der Waals surface area contributed by atoms with Gasteiger partial charge in [-0.3, -0.25) is 9.59 Å². The van der Waals surface area contributed by atoms with Gasteiger partial charge < -0.3 is 59.7 Å². The molecule has 67 heavy (non-hydrogen) atoms. The molecule has 16 heteroatoms. The van der Waals surface area contributed by atoms with Crippen molar-refractivity contribution in [1.29, 1.82) is 0 Å². The molecule has 0 aromatic heterocycles. The molecule has 4 fully saturated rings. The lowest BCUT2D eigenvalue weighted by atomic mass is 9.87. The van der Waals surface area contributed by atoms with Crippen molar-refractivity contribution >= 4 is 29.6 Å². The number of hydrogen-bond acceptors (Lipinski definition) is 12. The van der Waals surface area contributed by atoms with Crippen molar-refractivity contribution in [3.05, 3.63) is 59.7 Å². The molecule has 0 spiro atoms. The van der Waals surface area contributed by atoms with E-state index in [-0.39, 0.29) is 29.9 Å². The fourth-order valence-electron chi connectivity index (χ4n) is 8.96. The van der Waals surface area contributed by atoms with Crippen LogP contribution in [0.3, 0.4) is 0 Å². The molecule has 4 amide bonds. The van der Waals surface area contributed by atoms with E-state index in [1.807, 2.05) is 11.8 Å². The molecule has 6 rings (SSSR count). The summed E-state index contributed by atoms with van der Waals surface area (Å²) in [5.74, 6) is 2.55. The average Bonchev–Trinajstić information content (AvgIpc) is 3.86. The van der Waals surface area contributed by atoms with E-state index in [2.05, 4.69) is 82.0 Å². The number of carbonyl (C=O) groups is 3. The van der Waals surface area contributed by atoms with Gasteiger partial charge in [0.05, 0.1) is 105 Å². The van der Waals surface area contributed by atoms with Crippen molar-refractivity contribution in [2.24, 2.45) is 5.92 Å². The molecular weight excluding hydrogens is 875 g/mol. The Bertz CT molecular complexity index is 1720. The zero-order valence-corrected chi connectivity index (χ0v) is 40.8. The van der Waals surface area contributed by atoms with Crippen LogP contribution in [-0.4, -0.2) is 159 Å². The van der Waals surface area contributed by atoms with Gasteiger partial charge in [0, 0.05) is 54.9 Å². The zero-order chi connectivity index (χ0) is 46.7. The SMILES string of the molecule is CC1CCC(N[C@@H]2C[C@H]2c2ccc(-c3cccc(CCC(=O)NCCOCCOCCOCCOCCOCCOCCOCCNC(=O)CCCC[C@@H]4SC[C@@H]5NC(=O)N[C@@H]54)c3)cc2)CC1. The van der Waals surface area contributed by atoms with Crippen LogP contribution in [-0.2, 0) is 49.2 Å². The summed E-state index contributed by atoms with van der Waals surface area (Å²) in [6.07, 6.45) is 11.1. The topological polar surface area (TPSA) is 176 Å². The molecule has 2 aliphatic carbocycles. The minimum absolute atomic E-state index is 0.0234. The molecule has 5 atom stereocenters. The van der Waals surface area contributed by atoms with E-state index in [1.165, 1.54) is 48.8 Å². The van der Waals surface area contributed by atoms with Crippen molar-refractivity contribution in [2.45, 2.75) is 113 Å². The Morgan fingerprint density at radius 1 is 0.657 bits per heavy atom. The minimum Gasteiger partial charge on any atom is -0.377 e. The highest BCUT2D eigenvalue weighted by Gasteiger charge is 2.42. The molecule has 2 aliphatic heterocycles. The van der Waals surface area contributed by atoms with E-state index in [0.717, 1.165) is 36.5 Å². The largest absolute Gasteiger partial charge is 0.377 e. The van der Waals surface area contributed by atoms with Crippen molar-refractivity contribution in [2.75, 3.05) is 111 Å². The number of ether oxygens (including phenoxy) is 7. The lowest BCUT2D eigenvalue weighted by Gasteiger charge is -2.27. The number of unbranched alkanes of at least 4 members (excludes halogenated alkanes) is 1. The predicted molar refractivity (Wildman–Crippen MR) is 262 cm³/mol. The number of amides is 4. The first kappa shape index (κ1) is 53.0. The first-order valence-corrected chi connectivity index (χ1v) is 26.2. The molecule has 0 bridgehead atoms. The molecular formula is C51H79N5O10S. The summed E-state index contributed by atoms with van der Waals surface area (Å²) in [5, 5.41) is 16.2. The summed E-state index contributed by atoms with van der Waals surface area (Å²) in [6, 6.07) is 19.3. The van der Waals surface area contributed by atoms with Crippen molar-refractivity contribution in [3.63, 3.8) is 0 Å². The summed E-state index contributed by atoms with van der Waals surface area (Å²) in [5.41, 5.74) is 5.00. The molecule has 2 aromatic carbocycles. The number of nitrogens with one attached hydrogen (secondary N) is 5. The van der Waals surface area contributed by atoms with E-state index < -0.39 is 0 Å². The number of fused-ring (bicyclic) bond motifs is 1. The van der Waals surface area contributed by atoms with Crippen molar-refractivity contribution in [3.8, 4) is 11.1 Å². The Morgan fingerprint density at radius 3 is 1.82 bits per heavy atom.